The first-order chi connectivity index (χ1) is 12.4. The molecule has 1 unspecified atom stereocenters. The fraction of sp³-hybridized carbons (Fsp3) is 1.00. The standard InChI is InChI=1S/C21H45NO3S/c1-5-6-7-8-9-10-11-12-13-14-15-16-17-18-19-25-26(23,24)20-21(2)22(3)4/h21H,5-20H2,1-4H3. The minimum Gasteiger partial charge on any atom is -0.306 e. The summed E-state index contributed by atoms with van der Waals surface area (Å²) >= 11 is 0. The quantitative estimate of drug-likeness (QED) is 0.207. The summed E-state index contributed by atoms with van der Waals surface area (Å²) in [6.07, 6.45) is 18.2. The third-order valence-electron chi connectivity index (χ3n) is 5.09. The van der Waals surface area contributed by atoms with Gasteiger partial charge in [-0.15, -0.1) is 0 Å². The number of rotatable bonds is 19. The SMILES string of the molecule is CCCCCCCCCCCCCCCCOS(=O)(=O)CC(C)N(C)C. The molecule has 4 nitrogen and oxygen atoms in total. The van der Waals surface area contributed by atoms with Gasteiger partial charge in [0.25, 0.3) is 10.1 Å². The van der Waals surface area contributed by atoms with Crippen molar-refractivity contribution in [3.05, 3.63) is 0 Å². The van der Waals surface area contributed by atoms with Gasteiger partial charge in [-0.25, -0.2) is 0 Å². The summed E-state index contributed by atoms with van der Waals surface area (Å²) in [5, 5.41) is 0. The van der Waals surface area contributed by atoms with E-state index in [1.165, 1.54) is 77.0 Å². The van der Waals surface area contributed by atoms with E-state index in [4.69, 9.17) is 4.18 Å². The molecule has 0 heterocycles. The maximum atomic E-state index is 11.8. The molecule has 1 atom stereocenters. The van der Waals surface area contributed by atoms with E-state index in [0.29, 0.717) is 6.61 Å². The monoisotopic (exact) mass is 391 g/mol. The zero-order chi connectivity index (χ0) is 19.7. The van der Waals surface area contributed by atoms with Crippen molar-refractivity contribution >= 4 is 10.1 Å². The van der Waals surface area contributed by atoms with Crippen molar-refractivity contribution in [3.8, 4) is 0 Å². The van der Waals surface area contributed by atoms with Crippen molar-refractivity contribution in [2.75, 3.05) is 26.5 Å². The van der Waals surface area contributed by atoms with Crippen LogP contribution in [-0.2, 0) is 14.3 Å². The Morgan fingerprint density at radius 3 is 1.50 bits per heavy atom. The van der Waals surface area contributed by atoms with Gasteiger partial charge in [0.1, 0.15) is 0 Å². The second kappa shape index (κ2) is 17.0. The average molecular weight is 392 g/mol. The van der Waals surface area contributed by atoms with Crippen molar-refractivity contribution in [1.29, 1.82) is 0 Å². The minimum absolute atomic E-state index is 0.0173. The van der Waals surface area contributed by atoms with Gasteiger partial charge in [-0.05, 0) is 27.4 Å². The van der Waals surface area contributed by atoms with E-state index in [1.807, 2.05) is 25.9 Å². The highest BCUT2D eigenvalue weighted by atomic mass is 32.2. The molecule has 158 valence electrons. The highest BCUT2D eigenvalue weighted by molar-refractivity contribution is 7.86. The first-order valence-corrected chi connectivity index (χ1v) is 12.5. The van der Waals surface area contributed by atoms with Crippen LogP contribution in [0.1, 0.15) is 104 Å². The largest absolute Gasteiger partial charge is 0.306 e. The fourth-order valence-electron chi connectivity index (χ4n) is 2.98. The Bertz CT molecular complexity index is 396. The van der Waals surface area contributed by atoms with E-state index in [0.717, 1.165) is 12.8 Å². The van der Waals surface area contributed by atoms with Crippen LogP contribution in [0.2, 0.25) is 0 Å². The zero-order valence-electron chi connectivity index (χ0n) is 18.0. The Hall–Kier alpha value is -0.130. The number of hydrogen-bond acceptors (Lipinski definition) is 4. The van der Waals surface area contributed by atoms with Crippen LogP contribution in [0.25, 0.3) is 0 Å². The van der Waals surface area contributed by atoms with Gasteiger partial charge in [0.05, 0.1) is 12.4 Å². The molecule has 0 saturated carbocycles. The first kappa shape index (κ1) is 25.9. The molecule has 0 bridgehead atoms. The van der Waals surface area contributed by atoms with Crippen LogP contribution < -0.4 is 0 Å². The number of unbranched alkanes of at least 4 members (excludes halogenated alkanes) is 13. The van der Waals surface area contributed by atoms with Gasteiger partial charge in [-0.3, -0.25) is 4.18 Å². The molecule has 26 heavy (non-hydrogen) atoms. The van der Waals surface area contributed by atoms with Gasteiger partial charge in [-0.1, -0.05) is 90.4 Å². The molecule has 0 saturated heterocycles. The molecule has 0 aliphatic carbocycles. The molecule has 0 spiro atoms. The molecule has 5 heteroatoms. The Labute approximate surface area is 164 Å². The summed E-state index contributed by atoms with van der Waals surface area (Å²) in [6.45, 7) is 4.50. The van der Waals surface area contributed by atoms with Crippen molar-refractivity contribution in [1.82, 2.24) is 4.90 Å². The maximum Gasteiger partial charge on any atom is 0.268 e. The molecular formula is C21H45NO3S. The van der Waals surface area contributed by atoms with Crippen LogP contribution in [0, 0.1) is 0 Å². The van der Waals surface area contributed by atoms with E-state index >= 15 is 0 Å². The van der Waals surface area contributed by atoms with Crippen LogP contribution in [0.4, 0.5) is 0 Å². The lowest BCUT2D eigenvalue weighted by molar-refractivity contribution is 0.288. The molecule has 0 aromatic rings. The van der Waals surface area contributed by atoms with Crippen LogP contribution in [0.5, 0.6) is 0 Å². The Morgan fingerprint density at radius 1 is 0.731 bits per heavy atom. The highest BCUT2D eigenvalue weighted by Gasteiger charge is 2.17. The van der Waals surface area contributed by atoms with Gasteiger partial charge in [0, 0.05) is 6.04 Å². The molecule has 0 rings (SSSR count). The van der Waals surface area contributed by atoms with E-state index in [-0.39, 0.29) is 11.8 Å². The van der Waals surface area contributed by atoms with Gasteiger partial charge in [0.2, 0.25) is 0 Å². The van der Waals surface area contributed by atoms with Crippen LogP contribution in [0.3, 0.4) is 0 Å². The van der Waals surface area contributed by atoms with Crippen molar-refractivity contribution in [2.24, 2.45) is 0 Å². The number of nitrogens with zero attached hydrogens (tertiary/aromatic N) is 1. The Kier molecular flexibility index (Phi) is 16.9. The smallest absolute Gasteiger partial charge is 0.268 e. The minimum atomic E-state index is -3.39. The second-order valence-electron chi connectivity index (χ2n) is 7.96. The normalized spacial score (nSPS) is 13.4. The molecular weight excluding hydrogens is 346 g/mol. The van der Waals surface area contributed by atoms with Crippen molar-refractivity contribution in [3.63, 3.8) is 0 Å². The summed E-state index contributed by atoms with van der Waals surface area (Å²) < 4.78 is 28.8. The molecule has 0 radical (unpaired) electrons. The van der Waals surface area contributed by atoms with Gasteiger partial charge in [0.15, 0.2) is 0 Å². The van der Waals surface area contributed by atoms with E-state index in [2.05, 4.69) is 6.92 Å². The van der Waals surface area contributed by atoms with Gasteiger partial charge >= 0.3 is 0 Å². The van der Waals surface area contributed by atoms with Crippen LogP contribution in [-0.4, -0.2) is 45.8 Å². The van der Waals surface area contributed by atoms with E-state index in [9.17, 15) is 8.42 Å². The summed E-state index contributed by atoms with van der Waals surface area (Å²) in [5.74, 6) is 0.0681. The Balaban J connectivity index is 3.33. The maximum absolute atomic E-state index is 11.8. The molecule has 0 aromatic carbocycles. The third kappa shape index (κ3) is 17.3. The lowest BCUT2D eigenvalue weighted by atomic mass is 10.0. The predicted molar refractivity (Wildman–Crippen MR) is 113 cm³/mol. The molecule has 0 fully saturated rings. The molecule has 0 N–H and O–H groups in total. The first-order valence-electron chi connectivity index (χ1n) is 10.9. The third-order valence-corrected chi connectivity index (χ3v) is 6.50. The fourth-order valence-corrected chi connectivity index (χ4v) is 4.33. The molecule has 0 amide bonds. The summed E-state index contributed by atoms with van der Waals surface area (Å²) in [7, 11) is 0.380. The van der Waals surface area contributed by atoms with E-state index < -0.39 is 10.1 Å². The summed E-state index contributed by atoms with van der Waals surface area (Å²) in [4.78, 5) is 1.90. The van der Waals surface area contributed by atoms with Gasteiger partial charge < -0.3 is 4.90 Å². The van der Waals surface area contributed by atoms with Crippen LogP contribution in [0.15, 0.2) is 0 Å². The second-order valence-corrected chi connectivity index (χ2v) is 9.64. The highest BCUT2D eigenvalue weighted by Crippen LogP contribution is 2.13. The number of hydrogen-bond donors (Lipinski definition) is 0. The average Bonchev–Trinajstić information content (AvgIpc) is 2.57. The topological polar surface area (TPSA) is 46.6 Å². The predicted octanol–water partition coefficient (Wildman–Crippen LogP) is 5.76. The van der Waals surface area contributed by atoms with Crippen molar-refractivity contribution in [2.45, 2.75) is 110 Å². The van der Waals surface area contributed by atoms with Crippen molar-refractivity contribution < 1.29 is 12.6 Å². The van der Waals surface area contributed by atoms with E-state index in [1.54, 1.807) is 0 Å². The molecule has 0 aliphatic rings. The van der Waals surface area contributed by atoms with Gasteiger partial charge in [-0.2, -0.15) is 8.42 Å². The lowest BCUT2D eigenvalue weighted by Gasteiger charge is -2.19. The zero-order valence-corrected chi connectivity index (χ0v) is 18.8. The van der Waals surface area contributed by atoms with Crippen LogP contribution >= 0.6 is 0 Å². The summed E-state index contributed by atoms with van der Waals surface area (Å²) in [6, 6.07) is -0.0173. The lowest BCUT2D eigenvalue weighted by Crippen LogP contribution is -2.32. The Morgan fingerprint density at radius 2 is 1.12 bits per heavy atom. The molecule has 0 aromatic heterocycles. The summed E-state index contributed by atoms with van der Waals surface area (Å²) in [5.41, 5.74) is 0. The molecule has 0 aliphatic heterocycles.